The average molecular weight is 250 g/mol. The molecule has 2 rings (SSSR count). The monoisotopic (exact) mass is 250 g/mol. The maximum absolute atomic E-state index is 12.4. The van der Waals surface area contributed by atoms with Gasteiger partial charge in [0, 0.05) is 20.1 Å². The Morgan fingerprint density at radius 3 is 2.89 bits per heavy atom. The highest BCUT2D eigenvalue weighted by atomic mass is 16.2. The third-order valence-electron chi connectivity index (χ3n) is 3.20. The molecular weight excluding hydrogens is 232 g/mol. The third-order valence-corrected chi connectivity index (χ3v) is 3.20. The van der Waals surface area contributed by atoms with Crippen LogP contribution in [0.25, 0.3) is 0 Å². The van der Waals surface area contributed by atoms with E-state index in [1.165, 1.54) is 0 Å². The molecule has 1 fully saturated rings. The number of nitrogens with zero attached hydrogens (tertiary/aromatic N) is 3. The minimum absolute atomic E-state index is 0.0732. The third kappa shape index (κ3) is 2.10. The molecule has 2 heterocycles. The lowest BCUT2D eigenvalue weighted by molar-refractivity contribution is -0.127. The van der Waals surface area contributed by atoms with Gasteiger partial charge in [-0.15, -0.1) is 0 Å². The van der Waals surface area contributed by atoms with Crippen molar-refractivity contribution in [1.29, 1.82) is 0 Å². The van der Waals surface area contributed by atoms with Crippen LogP contribution in [0.2, 0.25) is 0 Å². The van der Waals surface area contributed by atoms with Crippen LogP contribution in [0.3, 0.4) is 0 Å². The molecule has 2 amide bonds. The molecule has 1 aliphatic heterocycles. The van der Waals surface area contributed by atoms with Gasteiger partial charge in [-0.25, -0.2) is 0 Å². The molecule has 6 nitrogen and oxygen atoms in total. The minimum atomic E-state index is -0.374. The Bertz CT molecular complexity index is 480. The molecule has 1 unspecified atom stereocenters. The zero-order valence-corrected chi connectivity index (χ0v) is 10.9. The normalized spacial score (nSPS) is 19.8. The number of hydrogen-bond acceptors (Lipinski definition) is 3. The van der Waals surface area contributed by atoms with Crippen molar-refractivity contribution in [2.75, 3.05) is 13.1 Å². The van der Waals surface area contributed by atoms with Gasteiger partial charge < -0.3 is 10.2 Å². The van der Waals surface area contributed by atoms with Crippen LogP contribution >= 0.6 is 0 Å². The standard InChI is InChI=1S/C12H18N4O2/c1-4-9-11(17)13-5-6-16(9)12(18)10-7-8(2)14-15(10)3/h7,9H,4-6H2,1-3H3,(H,13,17). The molecule has 1 aromatic heterocycles. The predicted molar refractivity (Wildman–Crippen MR) is 66.1 cm³/mol. The van der Waals surface area contributed by atoms with Crippen molar-refractivity contribution in [2.24, 2.45) is 7.05 Å². The Labute approximate surface area is 106 Å². The maximum atomic E-state index is 12.4. The zero-order valence-electron chi connectivity index (χ0n) is 10.9. The fraction of sp³-hybridized carbons (Fsp3) is 0.583. The first-order valence-corrected chi connectivity index (χ1v) is 6.14. The lowest BCUT2D eigenvalue weighted by Gasteiger charge is -2.34. The second-order valence-corrected chi connectivity index (χ2v) is 4.51. The molecule has 0 aliphatic carbocycles. The maximum Gasteiger partial charge on any atom is 0.272 e. The number of piperazine rings is 1. The first-order chi connectivity index (χ1) is 8.54. The number of carbonyl (C=O) groups is 2. The highest BCUT2D eigenvalue weighted by molar-refractivity contribution is 5.97. The zero-order chi connectivity index (χ0) is 13.3. The number of nitrogens with one attached hydrogen (secondary N) is 1. The van der Waals surface area contributed by atoms with E-state index in [-0.39, 0.29) is 17.9 Å². The van der Waals surface area contributed by atoms with Crippen molar-refractivity contribution >= 4 is 11.8 Å². The second kappa shape index (κ2) is 4.80. The van der Waals surface area contributed by atoms with E-state index in [4.69, 9.17) is 0 Å². The van der Waals surface area contributed by atoms with E-state index in [0.717, 1.165) is 5.69 Å². The first kappa shape index (κ1) is 12.6. The van der Waals surface area contributed by atoms with E-state index < -0.39 is 0 Å². The van der Waals surface area contributed by atoms with E-state index in [1.807, 2.05) is 13.8 Å². The van der Waals surface area contributed by atoms with Crippen LogP contribution in [-0.4, -0.2) is 45.6 Å². The molecule has 1 atom stereocenters. The van der Waals surface area contributed by atoms with Crippen LogP contribution in [0.5, 0.6) is 0 Å². The van der Waals surface area contributed by atoms with Gasteiger partial charge in [0.1, 0.15) is 11.7 Å². The van der Waals surface area contributed by atoms with Gasteiger partial charge in [0.05, 0.1) is 5.69 Å². The number of aryl methyl sites for hydroxylation is 2. The summed E-state index contributed by atoms with van der Waals surface area (Å²) in [5, 5.41) is 6.95. The van der Waals surface area contributed by atoms with E-state index in [2.05, 4.69) is 10.4 Å². The summed E-state index contributed by atoms with van der Waals surface area (Å²) in [6.07, 6.45) is 0.619. The first-order valence-electron chi connectivity index (χ1n) is 6.14. The topological polar surface area (TPSA) is 67.2 Å². The summed E-state index contributed by atoms with van der Waals surface area (Å²) in [5.74, 6) is -0.198. The summed E-state index contributed by atoms with van der Waals surface area (Å²) < 4.78 is 1.57. The molecule has 1 aliphatic rings. The summed E-state index contributed by atoms with van der Waals surface area (Å²) >= 11 is 0. The van der Waals surface area contributed by atoms with Crippen molar-refractivity contribution in [3.8, 4) is 0 Å². The molecule has 0 saturated carbocycles. The van der Waals surface area contributed by atoms with Crippen molar-refractivity contribution in [1.82, 2.24) is 20.0 Å². The van der Waals surface area contributed by atoms with Crippen molar-refractivity contribution in [2.45, 2.75) is 26.3 Å². The highest BCUT2D eigenvalue weighted by Gasteiger charge is 2.33. The van der Waals surface area contributed by atoms with E-state index in [9.17, 15) is 9.59 Å². The van der Waals surface area contributed by atoms with E-state index in [0.29, 0.717) is 25.2 Å². The molecule has 0 bridgehead atoms. The fourth-order valence-corrected chi connectivity index (χ4v) is 2.32. The van der Waals surface area contributed by atoms with Crippen LogP contribution in [0.4, 0.5) is 0 Å². The summed E-state index contributed by atoms with van der Waals surface area (Å²) in [7, 11) is 1.74. The summed E-state index contributed by atoms with van der Waals surface area (Å²) in [4.78, 5) is 25.8. The quantitative estimate of drug-likeness (QED) is 0.808. The van der Waals surface area contributed by atoms with Crippen molar-refractivity contribution < 1.29 is 9.59 Å². The lowest BCUT2D eigenvalue weighted by Crippen LogP contribution is -2.57. The van der Waals surface area contributed by atoms with Crippen molar-refractivity contribution in [3.05, 3.63) is 17.5 Å². The molecule has 1 aromatic rings. The molecule has 0 aromatic carbocycles. The summed E-state index contributed by atoms with van der Waals surface area (Å²) in [6, 6.07) is 1.38. The van der Waals surface area contributed by atoms with Gasteiger partial charge in [0.2, 0.25) is 5.91 Å². The largest absolute Gasteiger partial charge is 0.353 e. The predicted octanol–water partition coefficient (Wildman–Crippen LogP) is 0.0791. The van der Waals surface area contributed by atoms with Gasteiger partial charge in [-0.05, 0) is 19.4 Å². The van der Waals surface area contributed by atoms with Gasteiger partial charge >= 0.3 is 0 Å². The smallest absolute Gasteiger partial charge is 0.272 e. The highest BCUT2D eigenvalue weighted by Crippen LogP contribution is 2.14. The summed E-state index contributed by atoms with van der Waals surface area (Å²) in [5.41, 5.74) is 1.33. The van der Waals surface area contributed by atoms with E-state index in [1.54, 1.807) is 22.7 Å². The molecular formula is C12H18N4O2. The van der Waals surface area contributed by atoms with Gasteiger partial charge in [0.15, 0.2) is 0 Å². The number of carbonyl (C=O) groups excluding carboxylic acids is 2. The fourth-order valence-electron chi connectivity index (χ4n) is 2.32. The molecule has 0 spiro atoms. The molecule has 18 heavy (non-hydrogen) atoms. The second-order valence-electron chi connectivity index (χ2n) is 4.51. The number of hydrogen-bond donors (Lipinski definition) is 1. The van der Waals surface area contributed by atoms with Gasteiger partial charge in [-0.3, -0.25) is 14.3 Å². The van der Waals surface area contributed by atoms with Crippen LogP contribution in [0, 0.1) is 6.92 Å². The Kier molecular flexibility index (Phi) is 3.36. The number of aromatic nitrogens is 2. The molecule has 1 saturated heterocycles. The van der Waals surface area contributed by atoms with Crippen molar-refractivity contribution in [3.63, 3.8) is 0 Å². The van der Waals surface area contributed by atoms with Crippen LogP contribution in [0.15, 0.2) is 6.07 Å². The Morgan fingerprint density at radius 1 is 1.61 bits per heavy atom. The summed E-state index contributed by atoms with van der Waals surface area (Å²) in [6.45, 7) is 4.81. The molecule has 6 heteroatoms. The van der Waals surface area contributed by atoms with Gasteiger partial charge in [-0.1, -0.05) is 6.92 Å². The van der Waals surface area contributed by atoms with Crippen LogP contribution in [-0.2, 0) is 11.8 Å². The minimum Gasteiger partial charge on any atom is -0.353 e. The van der Waals surface area contributed by atoms with Crippen LogP contribution < -0.4 is 5.32 Å². The average Bonchev–Trinajstić information content (AvgIpc) is 2.67. The molecule has 0 radical (unpaired) electrons. The number of rotatable bonds is 2. The van der Waals surface area contributed by atoms with Crippen LogP contribution in [0.1, 0.15) is 29.5 Å². The number of amides is 2. The Hall–Kier alpha value is -1.85. The van der Waals surface area contributed by atoms with Gasteiger partial charge in [-0.2, -0.15) is 5.10 Å². The SMILES string of the molecule is CCC1C(=O)NCCN1C(=O)c1cc(C)nn1C. The Morgan fingerprint density at radius 2 is 2.33 bits per heavy atom. The lowest BCUT2D eigenvalue weighted by atomic mass is 10.1. The molecule has 1 N–H and O–H groups in total. The molecule has 98 valence electrons. The Balaban J connectivity index is 2.27. The van der Waals surface area contributed by atoms with E-state index >= 15 is 0 Å². The van der Waals surface area contributed by atoms with Gasteiger partial charge in [0.25, 0.3) is 5.91 Å².